The molecule has 0 atom stereocenters. The van der Waals surface area contributed by atoms with Gasteiger partial charge in [0.2, 0.25) is 0 Å². The van der Waals surface area contributed by atoms with E-state index in [4.69, 9.17) is 11.8 Å². The van der Waals surface area contributed by atoms with E-state index in [0.717, 1.165) is 19.3 Å². The Balaban J connectivity index is 4.15. The van der Waals surface area contributed by atoms with Crippen LogP contribution in [0.15, 0.2) is 0 Å². The molecular formula is C7H15BrClN. The maximum Gasteiger partial charge on any atom is 0.0471 e. The van der Waals surface area contributed by atoms with Crippen molar-refractivity contribution < 1.29 is 0 Å². The van der Waals surface area contributed by atoms with E-state index in [-0.39, 0.29) is 5.54 Å². The summed E-state index contributed by atoms with van der Waals surface area (Å²) >= 11 is 9.13. The summed E-state index contributed by atoms with van der Waals surface area (Å²) in [6.45, 7) is 6.47. The number of nitrogens with zero attached hydrogens (tertiary/aromatic N) is 1. The molecule has 0 aliphatic rings. The second-order valence-corrected chi connectivity index (χ2v) is 3.97. The minimum absolute atomic E-state index is 0.140. The van der Waals surface area contributed by atoms with Gasteiger partial charge >= 0.3 is 0 Å². The molecule has 0 N–H and O–H groups in total. The van der Waals surface area contributed by atoms with Crippen molar-refractivity contribution in [2.24, 2.45) is 0 Å². The molecule has 0 rings (SSSR count). The van der Waals surface area contributed by atoms with Crippen molar-refractivity contribution in [3.8, 4) is 0 Å². The fourth-order valence-electron chi connectivity index (χ4n) is 1.11. The average Bonchev–Trinajstić information content (AvgIpc) is 1.92. The summed E-state index contributed by atoms with van der Waals surface area (Å²) in [5, 5.41) is 0. The monoisotopic (exact) mass is 227 g/mol. The van der Waals surface area contributed by atoms with Gasteiger partial charge < -0.3 is 0 Å². The van der Waals surface area contributed by atoms with Crippen LogP contribution in [0, 0.1) is 0 Å². The highest BCUT2D eigenvalue weighted by atomic mass is 79.9. The number of halogens is 2. The van der Waals surface area contributed by atoms with E-state index in [1.54, 1.807) is 3.45 Å². The van der Waals surface area contributed by atoms with Gasteiger partial charge in [-0.05, 0) is 31.0 Å². The number of hydrogen-bond acceptors (Lipinski definition) is 1. The predicted molar refractivity (Wildman–Crippen MR) is 50.2 cm³/mol. The van der Waals surface area contributed by atoms with Crippen LogP contribution in [0.1, 0.15) is 40.0 Å². The second kappa shape index (κ2) is 4.58. The molecule has 0 fully saturated rings. The van der Waals surface area contributed by atoms with Crippen LogP contribution >= 0.6 is 27.9 Å². The third kappa shape index (κ3) is 2.11. The van der Waals surface area contributed by atoms with E-state index in [9.17, 15) is 0 Å². The van der Waals surface area contributed by atoms with Gasteiger partial charge in [-0.25, -0.2) is 0 Å². The molecule has 0 aliphatic carbocycles. The van der Waals surface area contributed by atoms with E-state index in [1.807, 2.05) is 0 Å². The molecule has 0 spiro atoms. The molecule has 1 nitrogen and oxygen atoms in total. The SMILES string of the molecule is CCC(CC)(CC)N(Cl)Br. The average molecular weight is 229 g/mol. The molecule has 0 heterocycles. The van der Waals surface area contributed by atoms with E-state index >= 15 is 0 Å². The zero-order valence-corrected chi connectivity index (χ0v) is 9.17. The van der Waals surface area contributed by atoms with Gasteiger partial charge in [-0.15, -0.1) is 3.45 Å². The Bertz CT molecular complexity index is 83.3. The molecule has 0 saturated carbocycles. The molecule has 0 saturated heterocycles. The minimum atomic E-state index is 0.140. The molecule has 10 heavy (non-hydrogen) atoms. The Kier molecular flexibility index (Phi) is 4.91. The van der Waals surface area contributed by atoms with Gasteiger partial charge in [0, 0.05) is 21.7 Å². The molecule has 3 heteroatoms. The fourth-order valence-corrected chi connectivity index (χ4v) is 2.22. The largest absolute Gasteiger partial charge is 0.149 e. The molecule has 0 amide bonds. The van der Waals surface area contributed by atoms with Gasteiger partial charge in [-0.3, -0.25) is 0 Å². The summed E-state index contributed by atoms with van der Waals surface area (Å²) in [6, 6.07) is 0. The topological polar surface area (TPSA) is 3.24 Å². The minimum Gasteiger partial charge on any atom is -0.149 e. The van der Waals surface area contributed by atoms with Crippen LogP contribution in [0.5, 0.6) is 0 Å². The van der Waals surface area contributed by atoms with Crippen LogP contribution in [0.25, 0.3) is 0 Å². The van der Waals surface area contributed by atoms with Gasteiger partial charge in [0.25, 0.3) is 0 Å². The first-order valence-corrected chi connectivity index (χ1v) is 4.79. The van der Waals surface area contributed by atoms with Crippen molar-refractivity contribution in [3.05, 3.63) is 0 Å². The van der Waals surface area contributed by atoms with Crippen LogP contribution in [-0.2, 0) is 0 Å². The smallest absolute Gasteiger partial charge is 0.0471 e. The molecule has 0 aromatic heterocycles. The lowest BCUT2D eigenvalue weighted by Gasteiger charge is -2.33. The molecule has 0 aliphatic heterocycles. The van der Waals surface area contributed by atoms with Gasteiger partial charge in [0.15, 0.2) is 0 Å². The highest BCUT2D eigenvalue weighted by Gasteiger charge is 2.29. The lowest BCUT2D eigenvalue weighted by atomic mass is 9.91. The van der Waals surface area contributed by atoms with Crippen LogP contribution in [0.4, 0.5) is 0 Å². The zero-order chi connectivity index (χ0) is 8.20. The first-order chi connectivity index (χ1) is 4.63. The lowest BCUT2D eigenvalue weighted by molar-refractivity contribution is 0.270. The summed E-state index contributed by atoms with van der Waals surface area (Å²) < 4.78 is 1.64. The fraction of sp³-hybridized carbons (Fsp3) is 1.00. The van der Waals surface area contributed by atoms with Gasteiger partial charge in [-0.2, -0.15) is 0 Å². The van der Waals surface area contributed by atoms with E-state index in [2.05, 4.69) is 36.9 Å². The van der Waals surface area contributed by atoms with Crippen molar-refractivity contribution in [3.63, 3.8) is 0 Å². The third-order valence-electron chi connectivity index (χ3n) is 2.33. The molecule has 0 bridgehead atoms. The summed E-state index contributed by atoms with van der Waals surface area (Å²) in [5.41, 5.74) is 0.140. The molecular weight excluding hydrogens is 213 g/mol. The molecule has 0 aromatic carbocycles. The molecule has 0 unspecified atom stereocenters. The number of rotatable bonds is 4. The van der Waals surface area contributed by atoms with E-state index in [0.29, 0.717) is 0 Å². The molecule has 0 radical (unpaired) electrons. The van der Waals surface area contributed by atoms with Crippen LogP contribution in [-0.4, -0.2) is 8.98 Å². The van der Waals surface area contributed by atoms with Crippen molar-refractivity contribution in [1.82, 2.24) is 3.45 Å². The lowest BCUT2D eigenvalue weighted by Crippen LogP contribution is -2.35. The Morgan fingerprint density at radius 3 is 1.50 bits per heavy atom. The summed E-state index contributed by atoms with van der Waals surface area (Å²) in [6.07, 6.45) is 3.23. The Hall–Kier alpha value is 0.730. The maximum absolute atomic E-state index is 5.85. The Morgan fingerprint density at radius 1 is 1.20 bits per heavy atom. The first kappa shape index (κ1) is 10.7. The predicted octanol–water partition coefficient (Wildman–Crippen LogP) is 3.72. The maximum atomic E-state index is 5.85. The highest BCUT2D eigenvalue weighted by Crippen LogP contribution is 2.31. The number of hydrogen-bond donors (Lipinski definition) is 0. The third-order valence-corrected chi connectivity index (χ3v) is 3.44. The molecule has 0 aromatic rings. The standard InChI is InChI=1S/C7H15BrClN/c1-4-7(5-2,6-3)10(8)9/h4-6H2,1-3H3. The van der Waals surface area contributed by atoms with Crippen LogP contribution in [0.3, 0.4) is 0 Å². The summed E-state index contributed by atoms with van der Waals surface area (Å²) in [7, 11) is 0. The highest BCUT2D eigenvalue weighted by molar-refractivity contribution is 9.08. The van der Waals surface area contributed by atoms with E-state index in [1.165, 1.54) is 0 Å². The second-order valence-electron chi connectivity index (χ2n) is 2.52. The zero-order valence-electron chi connectivity index (χ0n) is 6.82. The quantitative estimate of drug-likeness (QED) is 0.663. The first-order valence-electron chi connectivity index (χ1n) is 3.74. The normalized spacial score (nSPS) is 12.6. The van der Waals surface area contributed by atoms with Crippen molar-refractivity contribution in [2.75, 3.05) is 0 Å². The van der Waals surface area contributed by atoms with Gasteiger partial charge in [0.05, 0.1) is 0 Å². The van der Waals surface area contributed by atoms with Crippen LogP contribution in [0.2, 0.25) is 0 Å². The van der Waals surface area contributed by atoms with Crippen molar-refractivity contribution in [1.29, 1.82) is 0 Å². The Morgan fingerprint density at radius 2 is 1.50 bits per heavy atom. The molecule has 62 valence electrons. The summed E-state index contributed by atoms with van der Waals surface area (Å²) in [5.74, 6) is 0. The van der Waals surface area contributed by atoms with E-state index < -0.39 is 0 Å². The van der Waals surface area contributed by atoms with Crippen molar-refractivity contribution >= 4 is 27.9 Å². The van der Waals surface area contributed by atoms with Crippen molar-refractivity contribution in [2.45, 2.75) is 45.6 Å². The van der Waals surface area contributed by atoms with Gasteiger partial charge in [-0.1, -0.05) is 20.8 Å². The van der Waals surface area contributed by atoms with Gasteiger partial charge in [0.1, 0.15) is 0 Å². The van der Waals surface area contributed by atoms with Crippen LogP contribution < -0.4 is 0 Å². The summed E-state index contributed by atoms with van der Waals surface area (Å²) in [4.78, 5) is 0. The Labute approximate surface area is 77.2 Å².